The van der Waals surface area contributed by atoms with E-state index in [9.17, 15) is 14.7 Å². The van der Waals surface area contributed by atoms with Crippen LogP contribution in [0.2, 0.25) is 0 Å². The van der Waals surface area contributed by atoms with Crippen molar-refractivity contribution < 1.29 is 19.8 Å². The van der Waals surface area contributed by atoms with Gasteiger partial charge in [0.05, 0.1) is 6.10 Å². The molecule has 0 saturated carbocycles. The fourth-order valence-corrected chi connectivity index (χ4v) is 2.25. The molecule has 0 spiro atoms. The van der Waals surface area contributed by atoms with Crippen molar-refractivity contribution in [3.05, 3.63) is 29.6 Å². The normalized spacial score (nSPS) is 21.8. The second-order valence-corrected chi connectivity index (χ2v) is 4.86. The van der Waals surface area contributed by atoms with Crippen molar-refractivity contribution in [2.45, 2.75) is 32.0 Å². The van der Waals surface area contributed by atoms with Crippen molar-refractivity contribution in [1.29, 1.82) is 0 Å². The topological polar surface area (TPSA) is 103 Å². The molecule has 2 amide bonds. The molecule has 0 aromatic carbocycles. The van der Waals surface area contributed by atoms with Crippen molar-refractivity contribution in [2.24, 2.45) is 0 Å². The quantitative estimate of drug-likeness (QED) is 0.729. The molecule has 3 N–H and O–H groups in total. The highest BCUT2D eigenvalue weighted by Crippen LogP contribution is 2.18. The number of aromatic nitrogens is 1. The maximum Gasteiger partial charge on any atom is 0.326 e. The number of β-amino-alcohol motifs (C(OH)–C–C–N with tert-alkyl or cyclic N) is 1. The van der Waals surface area contributed by atoms with Crippen LogP contribution in [0.1, 0.15) is 17.5 Å². The standard InChI is InChI=1S/C13H17N3O4/c1-8-5-14-3-2-9(8)6-15-13(20)16-7-10(17)4-11(16)12(18)19/h2-3,5,10-11,17H,4,6-7H2,1H3,(H,15,20)(H,18,19)/t10-,11-/m1/s1. The summed E-state index contributed by atoms with van der Waals surface area (Å²) >= 11 is 0. The fourth-order valence-electron chi connectivity index (χ4n) is 2.25. The van der Waals surface area contributed by atoms with Gasteiger partial charge in [-0.1, -0.05) is 0 Å². The van der Waals surface area contributed by atoms with E-state index in [1.54, 1.807) is 18.5 Å². The Morgan fingerprint density at radius 3 is 2.95 bits per heavy atom. The van der Waals surface area contributed by atoms with Crippen LogP contribution >= 0.6 is 0 Å². The predicted octanol–water partition coefficient (Wildman–Crippen LogP) is 0.119. The second kappa shape index (κ2) is 5.87. The molecule has 7 nitrogen and oxygen atoms in total. The zero-order valence-corrected chi connectivity index (χ0v) is 11.1. The molecule has 1 fully saturated rings. The number of pyridine rings is 1. The monoisotopic (exact) mass is 279 g/mol. The van der Waals surface area contributed by atoms with Crippen LogP contribution in [0.5, 0.6) is 0 Å². The Kier molecular flexibility index (Phi) is 4.19. The molecule has 2 heterocycles. The van der Waals surface area contributed by atoms with Gasteiger partial charge in [-0.05, 0) is 24.1 Å². The van der Waals surface area contributed by atoms with Crippen molar-refractivity contribution in [3.63, 3.8) is 0 Å². The molecular weight excluding hydrogens is 262 g/mol. The van der Waals surface area contributed by atoms with Gasteiger partial charge in [-0.25, -0.2) is 9.59 Å². The molecule has 1 aromatic rings. The average molecular weight is 279 g/mol. The van der Waals surface area contributed by atoms with Crippen LogP contribution in [0, 0.1) is 6.92 Å². The number of urea groups is 1. The van der Waals surface area contributed by atoms with Crippen molar-refractivity contribution in [1.82, 2.24) is 15.2 Å². The molecule has 1 aliphatic rings. The Labute approximate surface area is 116 Å². The van der Waals surface area contributed by atoms with Gasteiger partial charge in [0.15, 0.2) is 0 Å². The number of nitrogens with zero attached hydrogens (tertiary/aromatic N) is 2. The minimum absolute atomic E-state index is 0.0398. The lowest BCUT2D eigenvalue weighted by atomic mass is 10.1. The van der Waals surface area contributed by atoms with E-state index >= 15 is 0 Å². The first kappa shape index (κ1) is 14.3. The number of aliphatic hydroxyl groups is 1. The molecule has 0 unspecified atom stereocenters. The number of likely N-dealkylation sites (tertiary alicyclic amines) is 1. The Morgan fingerprint density at radius 1 is 1.55 bits per heavy atom. The number of aliphatic hydroxyl groups excluding tert-OH is 1. The van der Waals surface area contributed by atoms with Gasteiger partial charge in [-0.15, -0.1) is 0 Å². The summed E-state index contributed by atoms with van der Waals surface area (Å²) in [5.74, 6) is -1.10. The summed E-state index contributed by atoms with van der Waals surface area (Å²) in [5.41, 5.74) is 1.86. The fraction of sp³-hybridized carbons (Fsp3) is 0.462. The van der Waals surface area contributed by atoms with Gasteiger partial charge in [-0.2, -0.15) is 0 Å². The number of hydrogen-bond acceptors (Lipinski definition) is 4. The minimum Gasteiger partial charge on any atom is -0.480 e. The summed E-state index contributed by atoms with van der Waals surface area (Å²) < 4.78 is 0. The lowest BCUT2D eigenvalue weighted by Crippen LogP contribution is -2.46. The van der Waals surface area contributed by atoms with Crippen LogP contribution in [-0.4, -0.2) is 50.8 Å². The molecule has 7 heteroatoms. The van der Waals surface area contributed by atoms with Crippen molar-refractivity contribution in [3.8, 4) is 0 Å². The summed E-state index contributed by atoms with van der Waals surface area (Å²) in [4.78, 5) is 28.2. The third-order valence-electron chi connectivity index (χ3n) is 3.39. The van der Waals surface area contributed by atoms with Crippen molar-refractivity contribution >= 4 is 12.0 Å². The summed E-state index contributed by atoms with van der Waals surface area (Å²) in [6.07, 6.45) is 2.61. The van der Waals surface area contributed by atoms with Crippen LogP contribution in [0.25, 0.3) is 0 Å². The molecule has 108 valence electrons. The Hall–Kier alpha value is -2.15. The average Bonchev–Trinajstić information content (AvgIpc) is 2.80. The first-order chi connectivity index (χ1) is 9.49. The molecule has 0 aliphatic carbocycles. The van der Waals surface area contributed by atoms with Gasteiger partial charge < -0.3 is 20.4 Å². The molecule has 0 bridgehead atoms. The molecule has 1 saturated heterocycles. The van der Waals surface area contributed by atoms with Gasteiger partial charge >= 0.3 is 12.0 Å². The Bertz CT molecular complexity index is 520. The molecule has 2 atom stereocenters. The van der Waals surface area contributed by atoms with E-state index in [1.807, 2.05) is 6.92 Å². The van der Waals surface area contributed by atoms with Gasteiger partial charge in [-0.3, -0.25) is 4.98 Å². The SMILES string of the molecule is Cc1cnccc1CNC(=O)N1C[C@H](O)C[C@@H]1C(=O)O. The molecule has 1 aliphatic heterocycles. The lowest BCUT2D eigenvalue weighted by Gasteiger charge is -2.21. The minimum atomic E-state index is -1.10. The van der Waals surface area contributed by atoms with E-state index in [1.165, 1.54) is 0 Å². The van der Waals surface area contributed by atoms with E-state index in [2.05, 4.69) is 10.3 Å². The lowest BCUT2D eigenvalue weighted by molar-refractivity contribution is -0.141. The summed E-state index contributed by atoms with van der Waals surface area (Å²) in [6.45, 7) is 2.22. The van der Waals surface area contributed by atoms with E-state index in [0.29, 0.717) is 6.54 Å². The van der Waals surface area contributed by atoms with E-state index < -0.39 is 24.1 Å². The highest BCUT2D eigenvalue weighted by Gasteiger charge is 2.38. The maximum absolute atomic E-state index is 12.0. The van der Waals surface area contributed by atoms with Gasteiger partial charge in [0.25, 0.3) is 0 Å². The number of carbonyl (C=O) groups excluding carboxylic acids is 1. The van der Waals surface area contributed by atoms with Crippen LogP contribution < -0.4 is 5.32 Å². The summed E-state index contributed by atoms with van der Waals surface area (Å²) in [7, 11) is 0. The molecule has 0 radical (unpaired) electrons. The molecular formula is C13H17N3O4. The number of aliphatic carboxylic acids is 1. The number of amides is 2. The number of carboxylic acids is 1. The molecule has 1 aromatic heterocycles. The van der Waals surface area contributed by atoms with E-state index in [0.717, 1.165) is 16.0 Å². The molecule has 20 heavy (non-hydrogen) atoms. The number of nitrogens with one attached hydrogen (secondary N) is 1. The first-order valence-electron chi connectivity index (χ1n) is 6.34. The number of carboxylic acid groups (broad SMARTS) is 1. The van der Waals surface area contributed by atoms with Crippen LogP contribution in [-0.2, 0) is 11.3 Å². The zero-order chi connectivity index (χ0) is 14.7. The first-order valence-corrected chi connectivity index (χ1v) is 6.34. The summed E-state index contributed by atoms with van der Waals surface area (Å²) in [5, 5.41) is 21.2. The van der Waals surface area contributed by atoms with Crippen LogP contribution in [0.3, 0.4) is 0 Å². The highest BCUT2D eigenvalue weighted by molar-refractivity contribution is 5.83. The van der Waals surface area contributed by atoms with E-state index in [-0.39, 0.29) is 13.0 Å². The van der Waals surface area contributed by atoms with Crippen LogP contribution in [0.15, 0.2) is 18.5 Å². The number of hydrogen-bond donors (Lipinski definition) is 3. The summed E-state index contributed by atoms with van der Waals surface area (Å²) in [6, 6.07) is 0.344. The number of aryl methyl sites for hydroxylation is 1. The highest BCUT2D eigenvalue weighted by atomic mass is 16.4. The largest absolute Gasteiger partial charge is 0.480 e. The second-order valence-electron chi connectivity index (χ2n) is 4.86. The van der Waals surface area contributed by atoms with E-state index in [4.69, 9.17) is 5.11 Å². The Morgan fingerprint density at radius 2 is 2.30 bits per heavy atom. The van der Waals surface area contributed by atoms with Gasteiger partial charge in [0, 0.05) is 31.9 Å². The zero-order valence-electron chi connectivity index (χ0n) is 11.1. The smallest absolute Gasteiger partial charge is 0.326 e. The number of carbonyl (C=O) groups is 2. The van der Waals surface area contributed by atoms with Crippen LogP contribution in [0.4, 0.5) is 4.79 Å². The third-order valence-corrected chi connectivity index (χ3v) is 3.39. The van der Waals surface area contributed by atoms with Crippen molar-refractivity contribution in [2.75, 3.05) is 6.54 Å². The van der Waals surface area contributed by atoms with Gasteiger partial charge in [0.1, 0.15) is 6.04 Å². The predicted molar refractivity (Wildman–Crippen MR) is 70.0 cm³/mol. The van der Waals surface area contributed by atoms with Gasteiger partial charge in [0.2, 0.25) is 0 Å². The Balaban J connectivity index is 1.98. The molecule has 2 rings (SSSR count). The third kappa shape index (κ3) is 3.05. The maximum atomic E-state index is 12.0. The number of rotatable bonds is 3.